The molecule has 1 aromatic carbocycles. The van der Waals surface area contributed by atoms with Crippen LogP contribution in [0.15, 0.2) is 18.2 Å². The quantitative estimate of drug-likeness (QED) is 0.792. The molecule has 98 valence electrons. The highest BCUT2D eigenvalue weighted by Crippen LogP contribution is 2.25. The van der Waals surface area contributed by atoms with E-state index in [1.54, 1.807) is 6.07 Å². The summed E-state index contributed by atoms with van der Waals surface area (Å²) in [5.41, 5.74) is 2.92. The zero-order valence-corrected chi connectivity index (χ0v) is 11.7. The molecule has 0 amide bonds. The van der Waals surface area contributed by atoms with E-state index < -0.39 is 0 Å². The number of aryl methyl sites for hydroxylation is 2. The fourth-order valence-electron chi connectivity index (χ4n) is 1.83. The predicted molar refractivity (Wildman–Crippen MR) is 73.7 cm³/mol. The number of methoxy groups -OCH3 is 1. The smallest absolute Gasteiger partial charge is 0.165 e. The first kappa shape index (κ1) is 14.4. The van der Waals surface area contributed by atoms with Crippen molar-refractivity contribution in [3.05, 3.63) is 35.3 Å². The highest BCUT2D eigenvalue weighted by Gasteiger charge is 2.07. The van der Waals surface area contributed by atoms with E-state index in [1.807, 2.05) is 26.8 Å². The number of fused-ring (bicyclic) bond motifs is 1. The van der Waals surface area contributed by atoms with E-state index in [1.165, 1.54) is 13.2 Å². The number of nitrogens with zero attached hydrogens (tertiary/aromatic N) is 1. The molecule has 0 unspecified atom stereocenters. The van der Waals surface area contributed by atoms with Crippen LogP contribution in [0.3, 0.4) is 0 Å². The fourth-order valence-corrected chi connectivity index (χ4v) is 1.83. The molecule has 0 saturated carbocycles. The molecule has 0 N–H and O–H groups in total. The van der Waals surface area contributed by atoms with Gasteiger partial charge in [0.25, 0.3) is 0 Å². The third-order valence-corrected chi connectivity index (χ3v) is 2.72. The molecule has 2 rings (SSSR count). The SMILES string of the molecule is CC.CCc1nc2cc(OC)c(F)cc2cc1C. The van der Waals surface area contributed by atoms with Gasteiger partial charge in [-0.3, -0.25) is 4.98 Å². The normalized spacial score (nSPS) is 9.89. The van der Waals surface area contributed by atoms with Gasteiger partial charge in [0.15, 0.2) is 11.6 Å². The number of benzene rings is 1. The van der Waals surface area contributed by atoms with E-state index in [-0.39, 0.29) is 11.6 Å². The molecule has 0 atom stereocenters. The molecule has 0 fully saturated rings. The molecule has 0 bridgehead atoms. The van der Waals surface area contributed by atoms with Crippen molar-refractivity contribution in [1.29, 1.82) is 0 Å². The summed E-state index contributed by atoms with van der Waals surface area (Å²) in [7, 11) is 1.46. The van der Waals surface area contributed by atoms with E-state index >= 15 is 0 Å². The number of rotatable bonds is 2. The van der Waals surface area contributed by atoms with Crippen LogP contribution in [-0.2, 0) is 6.42 Å². The molecule has 0 aliphatic rings. The molecule has 1 heterocycles. The Morgan fingerprint density at radius 3 is 2.44 bits per heavy atom. The predicted octanol–water partition coefficient (Wildman–Crippen LogP) is 4.28. The Kier molecular flexibility index (Phi) is 5.08. The number of ether oxygens (including phenoxy) is 1. The van der Waals surface area contributed by atoms with E-state index in [2.05, 4.69) is 11.9 Å². The Labute approximate surface area is 108 Å². The molecule has 1 aromatic heterocycles. The van der Waals surface area contributed by atoms with Crippen LogP contribution in [0.25, 0.3) is 10.9 Å². The van der Waals surface area contributed by atoms with Crippen LogP contribution in [0.1, 0.15) is 32.0 Å². The molecule has 2 nitrogen and oxygen atoms in total. The van der Waals surface area contributed by atoms with Gasteiger partial charge in [0.2, 0.25) is 0 Å². The van der Waals surface area contributed by atoms with Gasteiger partial charge in [-0.2, -0.15) is 0 Å². The summed E-state index contributed by atoms with van der Waals surface area (Å²) in [6, 6.07) is 5.07. The minimum absolute atomic E-state index is 0.242. The molecule has 0 aliphatic heterocycles. The monoisotopic (exact) mass is 249 g/mol. The fraction of sp³-hybridized carbons (Fsp3) is 0.400. The Morgan fingerprint density at radius 2 is 1.89 bits per heavy atom. The summed E-state index contributed by atoms with van der Waals surface area (Å²) in [6.45, 7) is 8.05. The van der Waals surface area contributed by atoms with Crippen LogP contribution < -0.4 is 4.74 Å². The molecular formula is C15H20FNO. The van der Waals surface area contributed by atoms with Crippen molar-refractivity contribution in [2.75, 3.05) is 7.11 Å². The minimum atomic E-state index is -0.347. The van der Waals surface area contributed by atoms with Crippen LogP contribution in [0.4, 0.5) is 4.39 Å². The zero-order valence-electron chi connectivity index (χ0n) is 11.7. The van der Waals surface area contributed by atoms with Crippen LogP contribution in [0.2, 0.25) is 0 Å². The van der Waals surface area contributed by atoms with Gasteiger partial charge in [0.1, 0.15) is 0 Å². The topological polar surface area (TPSA) is 22.1 Å². The van der Waals surface area contributed by atoms with Gasteiger partial charge in [0, 0.05) is 17.1 Å². The van der Waals surface area contributed by atoms with Gasteiger partial charge in [-0.25, -0.2) is 4.39 Å². The summed E-state index contributed by atoms with van der Waals surface area (Å²) in [6.07, 6.45) is 0.876. The van der Waals surface area contributed by atoms with E-state index in [9.17, 15) is 4.39 Å². The summed E-state index contributed by atoms with van der Waals surface area (Å²) in [4.78, 5) is 4.50. The zero-order chi connectivity index (χ0) is 13.7. The highest BCUT2D eigenvalue weighted by atomic mass is 19.1. The lowest BCUT2D eigenvalue weighted by Crippen LogP contribution is -1.95. The second-order valence-corrected chi connectivity index (χ2v) is 3.78. The van der Waals surface area contributed by atoms with Crippen LogP contribution >= 0.6 is 0 Å². The number of pyridine rings is 1. The third-order valence-electron chi connectivity index (χ3n) is 2.72. The van der Waals surface area contributed by atoms with Gasteiger partial charge < -0.3 is 4.74 Å². The van der Waals surface area contributed by atoms with E-state index in [4.69, 9.17) is 4.74 Å². The molecule has 0 spiro atoms. The van der Waals surface area contributed by atoms with Crippen molar-refractivity contribution in [3.63, 3.8) is 0 Å². The van der Waals surface area contributed by atoms with Gasteiger partial charge in [-0.15, -0.1) is 0 Å². The minimum Gasteiger partial charge on any atom is -0.494 e. The highest BCUT2D eigenvalue weighted by molar-refractivity contribution is 5.81. The Bertz CT molecular complexity index is 493. The first-order valence-electron chi connectivity index (χ1n) is 6.29. The molecule has 0 radical (unpaired) electrons. The Hall–Kier alpha value is -1.64. The third kappa shape index (κ3) is 2.78. The van der Waals surface area contributed by atoms with Crippen LogP contribution in [0, 0.1) is 12.7 Å². The Balaban J connectivity index is 0.000000771. The van der Waals surface area contributed by atoms with Gasteiger partial charge in [0.05, 0.1) is 12.6 Å². The summed E-state index contributed by atoms with van der Waals surface area (Å²) in [5, 5.41) is 0.813. The maximum Gasteiger partial charge on any atom is 0.165 e. The first-order valence-corrected chi connectivity index (χ1v) is 6.29. The number of aromatic nitrogens is 1. The summed E-state index contributed by atoms with van der Waals surface area (Å²) >= 11 is 0. The van der Waals surface area contributed by atoms with Crippen LogP contribution in [0.5, 0.6) is 5.75 Å². The second-order valence-electron chi connectivity index (χ2n) is 3.78. The van der Waals surface area contributed by atoms with Crippen molar-refractivity contribution < 1.29 is 9.13 Å². The molecule has 3 heteroatoms. The van der Waals surface area contributed by atoms with Gasteiger partial charge >= 0.3 is 0 Å². The van der Waals surface area contributed by atoms with Crippen molar-refractivity contribution in [2.24, 2.45) is 0 Å². The molecular weight excluding hydrogens is 229 g/mol. The second kappa shape index (κ2) is 6.34. The standard InChI is InChI=1S/C13H14FNO.C2H6/c1-4-11-8(2)5-9-6-10(14)13(16-3)7-12(9)15-11;1-2/h5-7H,4H2,1-3H3;1-2H3. The number of hydrogen-bond acceptors (Lipinski definition) is 2. The van der Waals surface area contributed by atoms with E-state index in [0.717, 1.165) is 28.6 Å². The first-order chi connectivity index (χ1) is 8.65. The largest absolute Gasteiger partial charge is 0.494 e. The molecule has 0 saturated heterocycles. The lowest BCUT2D eigenvalue weighted by atomic mass is 10.1. The van der Waals surface area contributed by atoms with Crippen LogP contribution in [-0.4, -0.2) is 12.1 Å². The number of halogens is 1. The van der Waals surface area contributed by atoms with Crippen molar-refractivity contribution in [3.8, 4) is 5.75 Å². The molecule has 2 aromatic rings. The maximum absolute atomic E-state index is 13.5. The number of hydrogen-bond donors (Lipinski definition) is 0. The molecule has 18 heavy (non-hydrogen) atoms. The van der Waals surface area contributed by atoms with Crippen molar-refractivity contribution in [1.82, 2.24) is 4.98 Å². The van der Waals surface area contributed by atoms with Crippen molar-refractivity contribution in [2.45, 2.75) is 34.1 Å². The van der Waals surface area contributed by atoms with E-state index in [0.29, 0.717) is 0 Å². The Morgan fingerprint density at radius 1 is 1.22 bits per heavy atom. The molecule has 0 aliphatic carbocycles. The average Bonchev–Trinajstić information content (AvgIpc) is 2.39. The lowest BCUT2D eigenvalue weighted by Gasteiger charge is -2.07. The summed E-state index contributed by atoms with van der Waals surface area (Å²) < 4.78 is 18.4. The lowest BCUT2D eigenvalue weighted by molar-refractivity contribution is 0.387. The van der Waals surface area contributed by atoms with Gasteiger partial charge in [-0.1, -0.05) is 20.8 Å². The summed E-state index contributed by atoms with van der Waals surface area (Å²) in [5.74, 6) is -0.105. The average molecular weight is 249 g/mol. The maximum atomic E-state index is 13.5. The van der Waals surface area contributed by atoms with Crippen molar-refractivity contribution >= 4 is 10.9 Å². The van der Waals surface area contributed by atoms with Gasteiger partial charge in [-0.05, 0) is 31.0 Å².